The van der Waals surface area contributed by atoms with Crippen LogP contribution in [0.1, 0.15) is 12.3 Å². The van der Waals surface area contributed by atoms with Crippen LogP contribution >= 0.6 is 0 Å². The molecule has 0 saturated carbocycles. The van der Waals surface area contributed by atoms with E-state index in [9.17, 15) is 0 Å². The van der Waals surface area contributed by atoms with Crippen LogP contribution in [0.2, 0.25) is 0 Å². The van der Waals surface area contributed by atoms with Crippen molar-refractivity contribution in [2.24, 2.45) is 0 Å². The number of aryl methyl sites for hydroxylation is 1. The van der Waals surface area contributed by atoms with E-state index in [4.69, 9.17) is 4.42 Å². The fourth-order valence-electron chi connectivity index (χ4n) is 2.06. The Hall–Kier alpha value is -2.27. The monoisotopic (exact) mass is 268 g/mol. The van der Waals surface area contributed by atoms with Gasteiger partial charge in [-0.15, -0.1) is 10.2 Å². The Kier molecular flexibility index (Phi) is 3.69. The second-order valence-corrected chi connectivity index (χ2v) is 4.60. The van der Waals surface area contributed by atoms with Crippen LogP contribution in [0.15, 0.2) is 40.8 Å². The summed E-state index contributed by atoms with van der Waals surface area (Å²) in [6, 6.07) is 11.9. The van der Waals surface area contributed by atoms with Gasteiger partial charge in [0.25, 0.3) is 5.89 Å². The molecule has 0 spiro atoms. The first kappa shape index (κ1) is 12.7. The van der Waals surface area contributed by atoms with Crippen LogP contribution in [0.5, 0.6) is 0 Å². The molecule has 1 aromatic carbocycles. The third-order valence-electron chi connectivity index (χ3n) is 3.10. The summed E-state index contributed by atoms with van der Waals surface area (Å²) < 4.78 is 5.65. The molecule has 0 aliphatic heterocycles. The number of rotatable bonds is 5. The van der Waals surface area contributed by atoms with E-state index in [1.165, 1.54) is 0 Å². The largest absolute Gasteiger partial charge is 0.419 e. The van der Waals surface area contributed by atoms with Crippen LogP contribution in [0, 0.1) is 0 Å². The van der Waals surface area contributed by atoms with Gasteiger partial charge >= 0.3 is 0 Å². The van der Waals surface area contributed by atoms with Gasteiger partial charge in [0.15, 0.2) is 0 Å². The zero-order valence-electron chi connectivity index (χ0n) is 11.3. The molecule has 2 aromatic heterocycles. The van der Waals surface area contributed by atoms with Crippen molar-refractivity contribution < 1.29 is 4.42 Å². The van der Waals surface area contributed by atoms with Gasteiger partial charge in [0.05, 0.1) is 5.52 Å². The fourth-order valence-corrected chi connectivity index (χ4v) is 2.06. The van der Waals surface area contributed by atoms with E-state index in [1.807, 2.05) is 43.4 Å². The molecule has 0 unspecified atom stereocenters. The molecule has 2 heterocycles. The quantitative estimate of drug-likeness (QED) is 0.720. The lowest BCUT2D eigenvalue weighted by atomic mass is 10.2. The van der Waals surface area contributed by atoms with Crippen molar-refractivity contribution in [3.05, 3.63) is 42.3 Å². The Balaban J connectivity index is 1.83. The van der Waals surface area contributed by atoms with Crippen LogP contribution in [0.3, 0.4) is 0 Å². The summed E-state index contributed by atoms with van der Waals surface area (Å²) >= 11 is 0. The van der Waals surface area contributed by atoms with Gasteiger partial charge in [-0.05, 0) is 32.1 Å². The molecule has 5 nitrogen and oxygen atoms in total. The molecule has 0 atom stereocenters. The first-order valence-corrected chi connectivity index (χ1v) is 6.70. The molecule has 0 radical (unpaired) electrons. The summed E-state index contributed by atoms with van der Waals surface area (Å²) in [6.07, 6.45) is 1.75. The molecule has 0 saturated heterocycles. The Morgan fingerprint density at radius 3 is 2.90 bits per heavy atom. The molecular formula is C15H16N4O. The SMILES string of the molecule is CNCCCc1nnc(-c2ccc3ccccc3n2)o1. The summed E-state index contributed by atoms with van der Waals surface area (Å²) in [5.41, 5.74) is 1.65. The molecule has 3 aromatic rings. The lowest BCUT2D eigenvalue weighted by Gasteiger charge is -1.98. The molecular weight excluding hydrogens is 252 g/mol. The highest BCUT2D eigenvalue weighted by atomic mass is 16.4. The number of pyridine rings is 1. The summed E-state index contributed by atoms with van der Waals surface area (Å²) in [4.78, 5) is 4.55. The zero-order chi connectivity index (χ0) is 13.8. The van der Waals surface area contributed by atoms with Crippen LogP contribution in [-0.2, 0) is 6.42 Å². The molecule has 0 fully saturated rings. The van der Waals surface area contributed by atoms with E-state index in [0.717, 1.165) is 36.0 Å². The smallest absolute Gasteiger partial charge is 0.266 e. The first-order chi connectivity index (χ1) is 9.86. The number of fused-ring (bicyclic) bond motifs is 1. The average molecular weight is 268 g/mol. The molecule has 1 N–H and O–H groups in total. The van der Waals surface area contributed by atoms with Crippen molar-refractivity contribution in [1.82, 2.24) is 20.5 Å². The highest BCUT2D eigenvalue weighted by Crippen LogP contribution is 2.20. The van der Waals surface area contributed by atoms with Crippen LogP contribution < -0.4 is 5.32 Å². The Bertz CT molecular complexity index is 708. The minimum absolute atomic E-state index is 0.482. The van der Waals surface area contributed by atoms with Gasteiger partial charge < -0.3 is 9.73 Å². The molecule has 102 valence electrons. The molecule has 0 bridgehead atoms. The maximum atomic E-state index is 5.65. The Labute approximate surface area is 117 Å². The number of para-hydroxylation sites is 1. The summed E-state index contributed by atoms with van der Waals surface area (Å²) in [5.74, 6) is 1.14. The van der Waals surface area contributed by atoms with Gasteiger partial charge in [0.1, 0.15) is 5.69 Å². The van der Waals surface area contributed by atoms with Crippen molar-refractivity contribution in [3.8, 4) is 11.6 Å². The highest BCUT2D eigenvalue weighted by molar-refractivity contribution is 5.80. The van der Waals surface area contributed by atoms with Crippen molar-refractivity contribution in [1.29, 1.82) is 0 Å². The van der Waals surface area contributed by atoms with E-state index in [-0.39, 0.29) is 0 Å². The summed E-state index contributed by atoms with van der Waals surface area (Å²) in [7, 11) is 1.93. The van der Waals surface area contributed by atoms with Gasteiger partial charge in [0.2, 0.25) is 5.89 Å². The molecule has 5 heteroatoms. The molecule has 3 rings (SSSR count). The Morgan fingerprint density at radius 2 is 2.00 bits per heavy atom. The third kappa shape index (κ3) is 2.67. The van der Waals surface area contributed by atoms with Gasteiger partial charge in [-0.3, -0.25) is 0 Å². The number of aromatic nitrogens is 3. The van der Waals surface area contributed by atoms with Crippen LogP contribution in [0.4, 0.5) is 0 Å². The van der Waals surface area contributed by atoms with Crippen molar-refractivity contribution in [3.63, 3.8) is 0 Å². The second kappa shape index (κ2) is 5.79. The maximum absolute atomic E-state index is 5.65. The van der Waals surface area contributed by atoms with Crippen molar-refractivity contribution in [2.45, 2.75) is 12.8 Å². The molecule has 0 amide bonds. The number of benzene rings is 1. The minimum Gasteiger partial charge on any atom is -0.419 e. The minimum atomic E-state index is 0.482. The third-order valence-corrected chi connectivity index (χ3v) is 3.10. The van der Waals surface area contributed by atoms with Gasteiger partial charge in [0, 0.05) is 11.8 Å². The number of hydrogen-bond donors (Lipinski definition) is 1. The van der Waals surface area contributed by atoms with Gasteiger partial charge in [-0.25, -0.2) is 4.98 Å². The van der Waals surface area contributed by atoms with Crippen molar-refractivity contribution in [2.75, 3.05) is 13.6 Å². The maximum Gasteiger partial charge on any atom is 0.266 e. The molecule has 20 heavy (non-hydrogen) atoms. The average Bonchev–Trinajstić information content (AvgIpc) is 2.96. The topological polar surface area (TPSA) is 63.8 Å². The van der Waals surface area contributed by atoms with Crippen molar-refractivity contribution >= 4 is 10.9 Å². The standard InChI is InChI=1S/C15H16N4O/c1-16-10-4-7-14-18-19-15(20-14)13-9-8-11-5-2-3-6-12(11)17-13/h2-3,5-6,8-9,16H,4,7,10H2,1H3. The van der Waals surface area contributed by atoms with Gasteiger partial charge in [-0.1, -0.05) is 24.3 Å². The van der Waals surface area contributed by atoms with E-state index in [2.05, 4.69) is 20.5 Å². The zero-order valence-corrected chi connectivity index (χ0v) is 11.3. The number of nitrogens with one attached hydrogen (secondary N) is 1. The van der Waals surface area contributed by atoms with Crippen LogP contribution in [-0.4, -0.2) is 28.8 Å². The fraction of sp³-hybridized carbons (Fsp3) is 0.267. The number of nitrogens with zero attached hydrogens (tertiary/aromatic N) is 3. The van der Waals surface area contributed by atoms with E-state index in [0.29, 0.717) is 11.8 Å². The first-order valence-electron chi connectivity index (χ1n) is 6.70. The predicted octanol–water partition coefficient (Wildman–Crippen LogP) is 2.44. The second-order valence-electron chi connectivity index (χ2n) is 4.60. The lowest BCUT2D eigenvalue weighted by molar-refractivity contribution is 0.493. The normalized spacial score (nSPS) is 11.1. The highest BCUT2D eigenvalue weighted by Gasteiger charge is 2.10. The predicted molar refractivity (Wildman–Crippen MR) is 77.3 cm³/mol. The van der Waals surface area contributed by atoms with E-state index in [1.54, 1.807) is 0 Å². The molecule has 0 aliphatic rings. The molecule has 0 aliphatic carbocycles. The lowest BCUT2D eigenvalue weighted by Crippen LogP contribution is -2.08. The summed E-state index contributed by atoms with van der Waals surface area (Å²) in [6.45, 7) is 0.936. The van der Waals surface area contributed by atoms with E-state index >= 15 is 0 Å². The Morgan fingerprint density at radius 1 is 1.10 bits per heavy atom. The van der Waals surface area contributed by atoms with E-state index < -0.39 is 0 Å². The van der Waals surface area contributed by atoms with Crippen LogP contribution in [0.25, 0.3) is 22.5 Å². The summed E-state index contributed by atoms with van der Waals surface area (Å²) in [5, 5.41) is 12.3. The van der Waals surface area contributed by atoms with Gasteiger partial charge in [-0.2, -0.15) is 0 Å². The number of hydrogen-bond acceptors (Lipinski definition) is 5.